The van der Waals surface area contributed by atoms with Gasteiger partial charge in [0.05, 0.1) is 32.3 Å². The van der Waals surface area contributed by atoms with E-state index < -0.39 is 0 Å². The first kappa shape index (κ1) is 28.0. The van der Waals surface area contributed by atoms with Crippen LogP contribution in [0.3, 0.4) is 0 Å². The van der Waals surface area contributed by atoms with Gasteiger partial charge in [-0.25, -0.2) is 9.97 Å². The number of benzene rings is 2. The molecule has 1 atom stereocenters. The number of carbonyl (C=O) groups excluding carboxylic acids is 1. The Labute approximate surface area is 237 Å². The summed E-state index contributed by atoms with van der Waals surface area (Å²) >= 11 is 18.9. The smallest absolute Gasteiger partial charge is 0.220 e. The third kappa shape index (κ3) is 6.70. The van der Waals surface area contributed by atoms with Gasteiger partial charge in [-0.15, -0.1) is 0 Å². The van der Waals surface area contributed by atoms with Crippen molar-refractivity contribution in [3.63, 3.8) is 0 Å². The fraction of sp³-hybridized carbons (Fsp3) is 0.321. The quantitative estimate of drug-likeness (QED) is 0.214. The molecule has 0 bridgehead atoms. The third-order valence-electron chi connectivity index (χ3n) is 6.29. The minimum atomic E-state index is -0.0485. The minimum Gasteiger partial charge on any atom is -0.493 e. The average molecular weight is 576 g/mol. The zero-order valence-electron chi connectivity index (χ0n) is 21.4. The van der Waals surface area contributed by atoms with Gasteiger partial charge in [0.2, 0.25) is 5.91 Å². The van der Waals surface area contributed by atoms with E-state index in [0.29, 0.717) is 51.8 Å². The molecule has 38 heavy (non-hydrogen) atoms. The molecule has 200 valence electrons. The van der Waals surface area contributed by atoms with Gasteiger partial charge in [-0.2, -0.15) is 0 Å². The van der Waals surface area contributed by atoms with Gasteiger partial charge in [-0.3, -0.25) is 4.79 Å². The van der Waals surface area contributed by atoms with Crippen LogP contribution in [0.5, 0.6) is 11.5 Å². The monoisotopic (exact) mass is 574 g/mol. The molecule has 0 saturated heterocycles. The van der Waals surface area contributed by atoms with Crippen molar-refractivity contribution in [1.82, 2.24) is 19.9 Å². The first-order valence-electron chi connectivity index (χ1n) is 12.2. The van der Waals surface area contributed by atoms with Gasteiger partial charge in [0.1, 0.15) is 11.3 Å². The molecule has 7 nitrogen and oxygen atoms in total. The highest BCUT2D eigenvalue weighted by atomic mass is 35.5. The maximum Gasteiger partial charge on any atom is 0.220 e. The van der Waals surface area contributed by atoms with Crippen LogP contribution >= 0.6 is 34.8 Å². The molecule has 1 unspecified atom stereocenters. The van der Waals surface area contributed by atoms with E-state index in [1.54, 1.807) is 26.5 Å². The Morgan fingerprint density at radius 2 is 1.84 bits per heavy atom. The van der Waals surface area contributed by atoms with Gasteiger partial charge in [0.15, 0.2) is 17.1 Å². The second kappa shape index (κ2) is 12.7. The first-order chi connectivity index (χ1) is 18.3. The van der Waals surface area contributed by atoms with E-state index in [1.165, 1.54) is 0 Å². The lowest BCUT2D eigenvalue weighted by molar-refractivity contribution is -0.121. The maximum absolute atomic E-state index is 12.7. The van der Waals surface area contributed by atoms with E-state index in [1.807, 2.05) is 41.0 Å². The average Bonchev–Trinajstić information content (AvgIpc) is 3.23. The molecule has 0 spiro atoms. The molecular formula is C28H29Cl3N4O3. The Morgan fingerprint density at radius 1 is 1.08 bits per heavy atom. The van der Waals surface area contributed by atoms with E-state index in [4.69, 9.17) is 49.3 Å². The number of fused-ring (bicyclic) bond motifs is 1. The number of nitrogens with one attached hydrogen (secondary N) is 1. The van der Waals surface area contributed by atoms with Crippen LogP contribution < -0.4 is 14.8 Å². The summed E-state index contributed by atoms with van der Waals surface area (Å²) in [6, 6.07) is 12.9. The molecule has 2 heterocycles. The predicted molar refractivity (Wildman–Crippen MR) is 152 cm³/mol. The molecule has 1 N–H and O–H groups in total. The van der Waals surface area contributed by atoms with Crippen molar-refractivity contribution < 1.29 is 14.3 Å². The van der Waals surface area contributed by atoms with E-state index in [-0.39, 0.29) is 18.4 Å². The minimum absolute atomic E-state index is 0.0485. The van der Waals surface area contributed by atoms with Gasteiger partial charge in [-0.05, 0) is 66.3 Å². The SMILES string of the molecule is COc1ccc(CC(C)CCC(=O)NCc2nc3cccnc3n2Cc2cc(Cl)cc(Cl)c2)c(Cl)c1OC. The molecule has 0 saturated carbocycles. The molecule has 0 aliphatic rings. The van der Waals surface area contributed by atoms with Crippen molar-refractivity contribution in [2.45, 2.75) is 39.3 Å². The summed E-state index contributed by atoms with van der Waals surface area (Å²) in [5.74, 6) is 2.00. The second-order valence-corrected chi connectivity index (χ2v) is 10.4. The number of hydrogen-bond donors (Lipinski definition) is 1. The molecule has 10 heteroatoms. The van der Waals surface area contributed by atoms with E-state index in [0.717, 1.165) is 28.7 Å². The molecule has 4 rings (SSSR count). The van der Waals surface area contributed by atoms with Crippen molar-refractivity contribution in [3.8, 4) is 11.5 Å². The number of methoxy groups -OCH3 is 2. The van der Waals surface area contributed by atoms with Crippen LogP contribution in [-0.4, -0.2) is 34.7 Å². The number of ether oxygens (including phenoxy) is 2. The summed E-state index contributed by atoms with van der Waals surface area (Å²) in [5, 5.41) is 4.66. The molecule has 0 fully saturated rings. The number of halogens is 3. The highest BCUT2D eigenvalue weighted by Gasteiger charge is 2.17. The lowest BCUT2D eigenvalue weighted by Gasteiger charge is -2.16. The first-order valence-corrected chi connectivity index (χ1v) is 13.3. The van der Waals surface area contributed by atoms with Gasteiger partial charge in [0, 0.05) is 22.7 Å². The fourth-order valence-electron chi connectivity index (χ4n) is 4.40. The van der Waals surface area contributed by atoms with Gasteiger partial charge >= 0.3 is 0 Å². The van der Waals surface area contributed by atoms with Crippen molar-refractivity contribution in [3.05, 3.63) is 80.7 Å². The normalized spacial score (nSPS) is 11.9. The summed E-state index contributed by atoms with van der Waals surface area (Å²) in [7, 11) is 3.14. The van der Waals surface area contributed by atoms with Crippen molar-refractivity contribution in [2.24, 2.45) is 5.92 Å². The van der Waals surface area contributed by atoms with Gasteiger partial charge < -0.3 is 19.4 Å². The van der Waals surface area contributed by atoms with Crippen LogP contribution in [0.15, 0.2) is 48.7 Å². The Morgan fingerprint density at radius 3 is 2.55 bits per heavy atom. The number of carbonyl (C=O) groups is 1. The summed E-state index contributed by atoms with van der Waals surface area (Å²) in [6.45, 7) is 2.85. The lowest BCUT2D eigenvalue weighted by atomic mass is 9.96. The Kier molecular flexibility index (Phi) is 9.36. The molecule has 1 amide bonds. The summed E-state index contributed by atoms with van der Waals surface area (Å²) in [5.41, 5.74) is 3.36. The van der Waals surface area contributed by atoms with E-state index in [9.17, 15) is 4.79 Å². The van der Waals surface area contributed by atoms with Crippen LogP contribution in [0.2, 0.25) is 15.1 Å². The molecule has 4 aromatic rings. The largest absolute Gasteiger partial charge is 0.493 e. The number of hydrogen-bond acceptors (Lipinski definition) is 5. The fourth-order valence-corrected chi connectivity index (χ4v) is 5.28. The predicted octanol–water partition coefficient (Wildman–Crippen LogP) is 6.73. The molecule has 2 aromatic carbocycles. The second-order valence-electron chi connectivity index (χ2n) is 9.14. The summed E-state index contributed by atoms with van der Waals surface area (Å²) in [6.07, 6.45) is 3.53. The lowest BCUT2D eigenvalue weighted by Crippen LogP contribution is -2.25. The van der Waals surface area contributed by atoms with Gasteiger partial charge in [0.25, 0.3) is 0 Å². The number of aromatic nitrogens is 3. The number of imidazole rings is 1. The van der Waals surface area contributed by atoms with Crippen LogP contribution in [0.1, 0.15) is 36.7 Å². The molecule has 0 aliphatic heterocycles. The third-order valence-corrected chi connectivity index (χ3v) is 7.14. The number of amides is 1. The maximum atomic E-state index is 12.7. The van der Waals surface area contributed by atoms with Crippen LogP contribution in [-0.2, 0) is 24.3 Å². The molecule has 0 aliphatic carbocycles. The van der Waals surface area contributed by atoms with Crippen molar-refractivity contribution >= 4 is 51.9 Å². The Hall–Kier alpha value is -3.00. The van der Waals surface area contributed by atoms with E-state index >= 15 is 0 Å². The van der Waals surface area contributed by atoms with Gasteiger partial charge in [-0.1, -0.05) is 47.8 Å². The highest BCUT2D eigenvalue weighted by molar-refractivity contribution is 6.34. The zero-order valence-corrected chi connectivity index (χ0v) is 23.7. The molecule has 2 aromatic heterocycles. The van der Waals surface area contributed by atoms with Crippen molar-refractivity contribution in [1.29, 1.82) is 0 Å². The number of nitrogens with zero attached hydrogens (tertiary/aromatic N) is 3. The van der Waals surface area contributed by atoms with Crippen LogP contribution in [0.4, 0.5) is 0 Å². The molecule has 0 radical (unpaired) electrons. The van der Waals surface area contributed by atoms with Crippen molar-refractivity contribution in [2.75, 3.05) is 14.2 Å². The van der Waals surface area contributed by atoms with Crippen LogP contribution in [0.25, 0.3) is 11.2 Å². The number of rotatable bonds is 11. The van der Waals surface area contributed by atoms with Crippen LogP contribution in [0, 0.1) is 5.92 Å². The Balaban J connectivity index is 1.38. The molecular weight excluding hydrogens is 547 g/mol. The standard InChI is InChI=1S/C28H29Cl3N4O3/c1-17(11-19-7-8-23(37-2)27(38-3)26(19)31)6-9-25(36)33-15-24-34-22-5-4-10-32-28(22)35(24)16-18-12-20(29)14-21(30)13-18/h4-5,7-8,10,12-14,17H,6,9,11,15-16H2,1-3H3,(H,33,36). The summed E-state index contributed by atoms with van der Waals surface area (Å²) in [4.78, 5) is 21.9. The topological polar surface area (TPSA) is 78.3 Å². The zero-order chi connectivity index (χ0) is 27.2. The number of pyridine rings is 1. The summed E-state index contributed by atoms with van der Waals surface area (Å²) < 4.78 is 12.7. The Bertz CT molecular complexity index is 1420. The highest BCUT2D eigenvalue weighted by Crippen LogP contribution is 2.38. The van der Waals surface area contributed by atoms with E-state index in [2.05, 4.69) is 17.2 Å².